The van der Waals surface area contributed by atoms with E-state index in [-0.39, 0.29) is 5.56 Å². The van der Waals surface area contributed by atoms with Gasteiger partial charge in [0.25, 0.3) is 0 Å². The summed E-state index contributed by atoms with van der Waals surface area (Å²) in [6.07, 6.45) is -2.58. The number of hydrogen-bond acceptors (Lipinski definition) is 6. The predicted molar refractivity (Wildman–Crippen MR) is 49.6 cm³/mol. The summed E-state index contributed by atoms with van der Waals surface area (Å²) < 4.78 is 4.12. The van der Waals surface area contributed by atoms with Crippen LogP contribution in [0.5, 0.6) is 0 Å². The zero-order valence-corrected chi connectivity index (χ0v) is 7.81. The molecule has 8 heteroatoms. The lowest BCUT2D eigenvalue weighted by molar-refractivity contribution is -0.785. The molecule has 0 N–H and O–H groups in total. The average molecular weight is 226 g/mol. The molecule has 0 bridgehead atoms. The molecule has 0 amide bonds. The fourth-order valence-electron chi connectivity index (χ4n) is 0.901. The van der Waals surface area contributed by atoms with E-state index in [9.17, 15) is 25.0 Å². The standard InChI is InChI=1S/C8H6N2O6/c11-7(6-4-2-1-3-5-6)16-8(9(12)13)10(14)15/h1-5,8H. The Bertz CT molecular complexity index is 404. The first kappa shape index (κ1) is 11.6. The molecule has 1 aromatic carbocycles. The van der Waals surface area contributed by atoms with Crippen LogP contribution in [0.1, 0.15) is 10.4 Å². The van der Waals surface area contributed by atoms with Gasteiger partial charge >= 0.3 is 12.3 Å². The largest absolute Gasteiger partial charge is 0.614 e. The molecule has 0 aromatic heterocycles. The number of carbonyl (C=O) groups excluding carboxylic acids is 1. The first-order chi connectivity index (χ1) is 7.52. The Morgan fingerprint density at radius 1 is 1.12 bits per heavy atom. The van der Waals surface area contributed by atoms with Crippen molar-refractivity contribution in [2.75, 3.05) is 0 Å². The monoisotopic (exact) mass is 226 g/mol. The normalized spacial score (nSPS) is 9.81. The van der Waals surface area contributed by atoms with Crippen LogP contribution in [0, 0.1) is 20.2 Å². The fraction of sp³-hybridized carbons (Fsp3) is 0.125. The first-order valence-electron chi connectivity index (χ1n) is 4.05. The van der Waals surface area contributed by atoms with E-state index in [0.717, 1.165) is 0 Å². The van der Waals surface area contributed by atoms with E-state index in [2.05, 4.69) is 4.74 Å². The molecule has 0 fully saturated rings. The molecule has 8 nitrogen and oxygen atoms in total. The van der Waals surface area contributed by atoms with Gasteiger partial charge in [0.05, 0.1) is 5.56 Å². The molecule has 1 aromatic rings. The molecule has 0 spiro atoms. The minimum atomic E-state index is -2.58. The molecule has 0 radical (unpaired) electrons. The van der Waals surface area contributed by atoms with Gasteiger partial charge in [-0.1, -0.05) is 18.2 Å². The molecular formula is C8H6N2O6. The summed E-state index contributed by atoms with van der Waals surface area (Å²) in [6.45, 7) is 0. The molecule has 0 aliphatic carbocycles. The third kappa shape index (κ3) is 2.74. The van der Waals surface area contributed by atoms with Gasteiger partial charge in [-0.2, -0.15) is 0 Å². The predicted octanol–water partition coefficient (Wildman–Crippen LogP) is 0.680. The van der Waals surface area contributed by atoms with Gasteiger partial charge in [0.2, 0.25) is 0 Å². The molecule has 0 aliphatic heterocycles. The van der Waals surface area contributed by atoms with Crippen molar-refractivity contribution in [3.05, 3.63) is 56.1 Å². The minimum absolute atomic E-state index is 0.0104. The molecule has 0 heterocycles. The van der Waals surface area contributed by atoms with Gasteiger partial charge in [-0.3, -0.25) is 20.2 Å². The second-order valence-electron chi connectivity index (χ2n) is 2.67. The van der Waals surface area contributed by atoms with Gasteiger partial charge in [-0.25, -0.2) is 4.79 Å². The van der Waals surface area contributed by atoms with E-state index >= 15 is 0 Å². The average Bonchev–Trinajstić information content (AvgIpc) is 2.25. The lowest BCUT2D eigenvalue weighted by Crippen LogP contribution is -2.33. The molecule has 16 heavy (non-hydrogen) atoms. The van der Waals surface area contributed by atoms with Crippen LogP contribution in [0.4, 0.5) is 0 Å². The van der Waals surface area contributed by atoms with Gasteiger partial charge in [0.15, 0.2) is 0 Å². The van der Waals surface area contributed by atoms with Crippen molar-refractivity contribution in [3.8, 4) is 0 Å². The number of ether oxygens (including phenoxy) is 1. The van der Waals surface area contributed by atoms with E-state index in [1.54, 1.807) is 6.07 Å². The number of nitro groups is 2. The van der Waals surface area contributed by atoms with Crippen molar-refractivity contribution < 1.29 is 19.4 Å². The van der Waals surface area contributed by atoms with Gasteiger partial charge in [-0.15, -0.1) is 0 Å². The molecular weight excluding hydrogens is 220 g/mol. The fourth-order valence-corrected chi connectivity index (χ4v) is 0.901. The van der Waals surface area contributed by atoms with Crippen LogP contribution in [-0.2, 0) is 4.74 Å². The van der Waals surface area contributed by atoms with Crippen LogP contribution in [0.25, 0.3) is 0 Å². The highest BCUT2D eigenvalue weighted by atomic mass is 16.8. The van der Waals surface area contributed by atoms with Gasteiger partial charge in [0.1, 0.15) is 9.85 Å². The Kier molecular flexibility index (Phi) is 3.49. The Balaban J connectivity index is 2.77. The van der Waals surface area contributed by atoms with Crippen molar-refractivity contribution in [2.45, 2.75) is 6.35 Å². The number of hydrogen-bond donors (Lipinski definition) is 0. The maximum Gasteiger partial charge on any atom is 0.614 e. The van der Waals surface area contributed by atoms with Crippen molar-refractivity contribution >= 4 is 5.97 Å². The third-order valence-corrected chi connectivity index (χ3v) is 1.58. The summed E-state index contributed by atoms with van der Waals surface area (Å²) >= 11 is 0. The molecule has 84 valence electrons. The number of benzene rings is 1. The van der Waals surface area contributed by atoms with Crippen molar-refractivity contribution in [1.82, 2.24) is 0 Å². The molecule has 0 saturated heterocycles. The Labute approximate surface area is 88.7 Å². The van der Waals surface area contributed by atoms with Crippen molar-refractivity contribution in [1.29, 1.82) is 0 Å². The Morgan fingerprint density at radius 2 is 1.62 bits per heavy atom. The third-order valence-electron chi connectivity index (χ3n) is 1.58. The lowest BCUT2D eigenvalue weighted by atomic mass is 10.2. The van der Waals surface area contributed by atoms with Crippen molar-refractivity contribution in [2.24, 2.45) is 0 Å². The van der Waals surface area contributed by atoms with E-state index in [0.29, 0.717) is 0 Å². The molecule has 0 saturated carbocycles. The minimum Gasteiger partial charge on any atom is -0.335 e. The SMILES string of the molecule is O=C(OC([N+](=O)[O-])[N+](=O)[O-])c1ccccc1. The highest BCUT2D eigenvalue weighted by Crippen LogP contribution is 2.04. The summed E-state index contributed by atoms with van der Waals surface area (Å²) in [5.74, 6) is -1.11. The maximum absolute atomic E-state index is 11.2. The number of esters is 1. The van der Waals surface area contributed by atoms with Crippen molar-refractivity contribution in [3.63, 3.8) is 0 Å². The maximum atomic E-state index is 11.2. The lowest BCUT2D eigenvalue weighted by Gasteiger charge is -2.03. The van der Waals surface area contributed by atoms with E-state index in [4.69, 9.17) is 0 Å². The van der Waals surface area contributed by atoms with Crippen LogP contribution in [0.2, 0.25) is 0 Å². The Morgan fingerprint density at radius 3 is 2.06 bits per heavy atom. The summed E-state index contributed by atoms with van der Waals surface area (Å²) in [6, 6.07) is 7.29. The number of carbonyl (C=O) groups is 1. The van der Waals surface area contributed by atoms with Crippen LogP contribution >= 0.6 is 0 Å². The summed E-state index contributed by atoms with van der Waals surface area (Å²) in [5.41, 5.74) is 0.0104. The summed E-state index contributed by atoms with van der Waals surface area (Å²) in [7, 11) is 0. The zero-order valence-electron chi connectivity index (χ0n) is 7.81. The van der Waals surface area contributed by atoms with E-state index < -0.39 is 22.2 Å². The second kappa shape index (κ2) is 4.82. The van der Waals surface area contributed by atoms with Crippen LogP contribution in [0.15, 0.2) is 30.3 Å². The van der Waals surface area contributed by atoms with Crippen LogP contribution < -0.4 is 0 Å². The zero-order chi connectivity index (χ0) is 12.1. The molecule has 0 atom stereocenters. The van der Waals surface area contributed by atoms with Gasteiger partial charge < -0.3 is 4.74 Å². The molecule has 1 rings (SSSR count). The second-order valence-corrected chi connectivity index (χ2v) is 2.67. The number of rotatable bonds is 4. The first-order valence-corrected chi connectivity index (χ1v) is 4.05. The van der Waals surface area contributed by atoms with Crippen LogP contribution in [0.3, 0.4) is 0 Å². The smallest absolute Gasteiger partial charge is 0.335 e. The number of nitrogens with zero attached hydrogens (tertiary/aromatic N) is 2. The van der Waals surface area contributed by atoms with Crippen LogP contribution in [-0.4, -0.2) is 22.2 Å². The summed E-state index contributed by atoms with van der Waals surface area (Å²) in [5, 5.41) is 20.4. The topological polar surface area (TPSA) is 113 Å². The molecule has 0 aliphatic rings. The Hall–Kier alpha value is -2.51. The van der Waals surface area contributed by atoms with E-state index in [1.165, 1.54) is 24.3 Å². The highest BCUT2D eigenvalue weighted by molar-refractivity contribution is 5.89. The van der Waals surface area contributed by atoms with E-state index in [1.807, 2.05) is 0 Å². The van der Waals surface area contributed by atoms with Gasteiger partial charge in [0, 0.05) is 0 Å². The van der Waals surface area contributed by atoms with Gasteiger partial charge in [-0.05, 0) is 12.1 Å². The quantitative estimate of drug-likeness (QED) is 0.323. The molecule has 0 unspecified atom stereocenters. The highest BCUT2D eigenvalue weighted by Gasteiger charge is 2.37. The summed E-state index contributed by atoms with van der Waals surface area (Å²) in [4.78, 5) is 29.0.